The van der Waals surface area contributed by atoms with Gasteiger partial charge in [-0.25, -0.2) is 4.98 Å². The lowest BCUT2D eigenvalue weighted by Gasteiger charge is -2.20. The number of aromatic nitrogens is 2. The Kier molecular flexibility index (Phi) is 3.36. The topological polar surface area (TPSA) is 57.8 Å². The minimum Gasteiger partial charge on any atom is -0.348 e. The van der Waals surface area contributed by atoms with Crippen molar-refractivity contribution in [1.29, 1.82) is 0 Å². The van der Waals surface area contributed by atoms with Crippen molar-refractivity contribution in [2.45, 2.75) is 33.7 Å². The van der Waals surface area contributed by atoms with Gasteiger partial charge in [-0.2, -0.15) is 0 Å². The van der Waals surface area contributed by atoms with Crippen LogP contribution in [0.2, 0.25) is 0 Å². The summed E-state index contributed by atoms with van der Waals surface area (Å²) in [5.74, 6) is 0.849. The van der Waals surface area contributed by atoms with Crippen LogP contribution in [0.5, 0.6) is 0 Å². The first-order valence-corrected chi connectivity index (χ1v) is 6.25. The predicted molar refractivity (Wildman–Crippen MR) is 72.0 cm³/mol. The van der Waals surface area contributed by atoms with E-state index in [1.165, 1.54) is 0 Å². The number of hydrogen-bond acceptors (Lipinski definition) is 2. The number of H-pyrrole nitrogens is 1. The largest absolute Gasteiger partial charge is 0.348 e. The second-order valence-electron chi connectivity index (χ2n) is 5.12. The Hall–Kier alpha value is -1.84. The average Bonchev–Trinajstić information content (AvgIpc) is 2.78. The summed E-state index contributed by atoms with van der Waals surface area (Å²) in [6.07, 6.45) is 0.818. The molecular weight excluding hydrogens is 226 g/mol. The Morgan fingerprint density at radius 3 is 2.78 bits per heavy atom. The zero-order valence-corrected chi connectivity index (χ0v) is 11.1. The molecule has 0 saturated carbocycles. The number of carbonyl (C=O) groups excluding carboxylic acids is 1. The third kappa shape index (κ3) is 2.53. The van der Waals surface area contributed by atoms with E-state index in [1.54, 1.807) is 0 Å². The van der Waals surface area contributed by atoms with Gasteiger partial charge >= 0.3 is 0 Å². The van der Waals surface area contributed by atoms with E-state index in [0.29, 0.717) is 6.54 Å². The number of carbonyl (C=O) groups is 1. The highest BCUT2D eigenvalue weighted by Gasteiger charge is 2.24. The number of hydrogen-bond donors (Lipinski definition) is 2. The van der Waals surface area contributed by atoms with Gasteiger partial charge in [0.25, 0.3) is 0 Å². The van der Waals surface area contributed by atoms with Crippen molar-refractivity contribution in [2.75, 3.05) is 0 Å². The monoisotopic (exact) mass is 245 g/mol. The van der Waals surface area contributed by atoms with Crippen LogP contribution in [-0.2, 0) is 11.3 Å². The summed E-state index contributed by atoms with van der Waals surface area (Å²) in [5.41, 5.74) is 1.60. The number of nitrogens with one attached hydrogen (secondary N) is 2. The van der Waals surface area contributed by atoms with Gasteiger partial charge in [-0.15, -0.1) is 0 Å². The lowest BCUT2D eigenvalue weighted by molar-refractivity contribution is -0.129. The van der Waals surface area contributed by atoms with E-state index < -0.39 is 0 Å². The van der Waals surface area contributed by atoms with E-state index in [2.05, 4.69) is 15.3 Å². The van der Waals surface area contributed by atoms with Crippen molar-refractivity contribution < 1.29 is 4.79 Å². The third-order valence-electron chi connectivity index (χ3n) is 3.35. The smallest absolute Gasteiger partial charge is 0.226 e. The van der Waals surface area contributed by atoms with Gasteiger partial charge in [-0.05, 0) is 18.6 Å². The predicted octanol–water partition coefficient (Wildman–Crippen LogP) is 2.62. The molecule has 4 heteroatoms. The maximum absolute atomic E-state index is 11.9. The molecule has 0 aliphatic heterocycles. The summed E-state index contributed by atoms with van der Waals surface area (Å²) in [6.45, 7) is 6.35. The molecule has 0 unspecified atom stereocenters. The Morgan fingerprint density at radius 2 is 2.11 bits per heavy atom. The molecule has 0 radical (unpaired) electrons. The van der Waals surface area contributed by atoms with E-state index in [0.717, 1.165) is 23.3 Å². The summed E-state index contributed by atoms with van der Waals surface area (Å²) < 4.78 is 0. The number of para-hydroxylation sites is 2. The number of nitrogens with zero attached hydrogens (tertiary/aromatic N) is 1. The van der Waals surface area contributed by atoms with Crippen LogP contribution in [0.4, 0.5) is 0 Å². The first-order chi connectivity index (χ1) is 8.53. The summed E-state index contributed by atoms with van der Waals surface area (Å²) in [7, 11) is 0. The molecule has 0 atom stereocenters. The van der Waals surface area contributed by atoms with Crippen molar-refractivity contribution in [2.24, 2.45) is 5.41 Å². The highest BCUT2D eigenvalue weighted by atomic mass is 16.2. The van der Waals surface area contributed by atoms with Gasteiger partial charge in [0.2, 0.25) is 5.91 Å². The van der Waals surface area contributed by atoms with Gasteiger partial charge in [-0.1, -0.05) is 32.9 Å². The number of benzene rings is 1. The molecule has 1 heterocycles. The summed E-state index contributed by atoms with van der Waals surface area (Å²) in [5, 5.41) is 2.92. The van der Waals surface area contributed by atoms with E-state index in [9.17, 15) is 4.79 Å². The van der Waals surface area contributed by atoms with Crippen LogP contribution in [0.1, 0.15) is 33.0 Å². The molecule has 0 aliphatic rings. The fraction of sp³-hybridized carbons (Fsp3) is 0.429. The van der Waals surface area contributed by atoms with Crippen LogP contribution in [0.3, 0.4) is 0 Å². The van der Waals surface area contributed by atoms with Crippen molar-refractivity contribution in [3.63, 3.8) is 0 Å². The van der Waals surface area contributed by atoms with Gasteiger partial charge < -0.3 is 10.3 Å². The van der Waals surface area contributed by atoms with Crippen molar-refractivity contribution in [1.82, 2.24) is 15.3 Å². The molecule has 2 aromatic rings. The molecular formula is C14H19N3O. The first kappa shape index (κ1) is 12.6. The van der Waals surface area contributed by atoms with E-state index in [4.69, 9.17) is 0 Å². The van der Waals surface area contributed by atoms with Gasteiger partial charge in [0, 0.05) is 5.41 Å². The van der Waals surface area contributed by atoms with Gasteiger partial charge in [0.05, 0.1) is 17.6 Å². The fourth-order valence-corrected chi connectivity index (χ4v) is 1.65. The quantitative estimate of drug-likeness (QED) is 0.870. The van der Waals surface area contributed by atoms with Crippen molar-refractivity contribution in [3.8, 4) is 0 Å². The van der Waals surface area contributed by atoms with Crippen LogP contribution < -0.4 is 5.32 Å². The molecule has 0 fully saturated rings. The highest BCUT2D eigenvalue weighted by molar-refractivity contribution is 5.81. The van der Waals surface area contributed by atoms with Crippen LogP contribution in [0, 0.1) is 5.41 Å². The molecule has 96 valence electrons. The Bertz CT molecular complexity index is 524. The Labute approximate surface area is 107 Å². The zero-order valence-electron chi connectivity index (χ0n) is 11.1. The van der Waals surface area contributed by atoms with E-state index in [1.807, 2.05) is 45.0 Å². The van der Waals surface area contributed by atoms with Crippen molar-refractivity contribution >= 4 is 16.9 Å². The maximum Gasteiger partial charge on any atom is 0.226 e. The molecule has 1 amide bonds. The Balaban J connectivity index is 2.04. The number of amides is 1. The van der Waals surface area contributed by atoms with Gasteiger partial charge in [0.15, 0.2) is 0 Å². The molecule has 1 aromatic carbocycles. The third-order valence-corrected chi connectivity index (χ3v) is 3.35. The van der Waals surface area contributed by atoms with Crippen LogP contribution in [0.15, 0.2) is 24.3 Å². The molecule has 4 nitrogen and oxygen atoms in total. The van der Waals surface area contributed by atoms with E-state index in [-0.39, 0.29) is 11.3 Å². The summed E-state index contributed by atoms with van der Waals surface area (Å²) >= 11 is 0. The SMILES string of the molecule is CCC(C)(C)C(=O)NCc1nc2ccccc2[nH]1. The normalized spacial score (nSPS) is 11.7. The minimum absolute atomic E-state index is 0.0606. The van der Waals surface area contributed by atoms with Crippen LogP contribution in [-0.4, -0.2) is 15.9 Å². The summed E-state index contributed by atoms with van der Waals surface area (Å²) in [4.78, 5) is 19.5. The molecule has 2 rings (SSSR count). The summed E-state index contributed by atoms with van der Waals surface area (Å²) in [6, 6.07) is 7.84. The van der Waals surface area contributed by atoms with Crippen LogP contribution in [0.25, 0.3) is 11.0 Å². The fourth-order valence-electron chi connectivity index (χ4n) is 1.65. The van der Waals surface area contributed by atoms with Gasteiger partial charge in [0.1, 0.15) is 5.82 Å². The molecule has 0 saturated heterocycles. The number of aromatic amines is 1. The molecule has 0 aliphatic carbocycles. The van der Waals surface area contributed by atoms with Crippen LogP contribution >= 0.6 is 0 Å². The van der Waals surface area contributed by atoms with Crippen molar-refractivity contribution in [3.05, 3.63) is 30.1 Å². The highest BCUT2D eigenvalue weighted by Crippen LogP contribution is 2.19. The average molecular weight is 245 g/mol. The second-order valence-corrected chi connectivity index (χ2v) is 5.12. The minimum atomic E-state index is -0.327. The number of fused-ring (bicyclic) bond motifs is 1. The molecule has 1 aromatic heterocycles. The zero-order chi connectivity index (χ0) is 13.2. The molecule has 2 N–H and O–H groups in total. The molecule has 0 spiro atoms. The lowest BCUT2D eigenvalue weighted by Crippen LogP contribution is -2.36. The maximum atomic E-state index is 11.9. The Morgan fingerprint density at radius 1 is 1.39 bits per heavy atom. The number of rotatable bonds is 4. The van der Waals surface area contributed by atoms with E-state index >= 15 is 0 Å². The first-order valence-electron chi connectivity index (χ1n) is 6.25. The van der Waals surface area contributed by atoms with Gasteiger partial charge in [-0.3, -0.25) is 4.79 Å². The lowest BCUT2D eigenvalue weighted by atomic mass is 9.89. The second kappa shape index (κ2) is 4.80. The standard InChI is InChI=1S/C14H19N3O/c1-4-14(2,3)13(18)15-9-12-16-10-7-5-6-8-11(10)17-12/h5-8H,4,9H2,1-3H3,(H,15,18)(H,16,17). The molecule has 0 bridgehead atoms. The number of imidazole rings is 1. The molecule has 18 heavy (non-hydrogen) atoms.